The molecule has 5 aliphatic rings. The van der Waals surface area contributed by atoms with E-state index in [-0.39, 0.29) is 41.4 Å². The minimum absolute atomic E-state index is 0.0898. The number of carbonyl (C=O) groups is 3. The lowest BCUT2D eigenvalue weighted by Crippen LogP contribution is -2.40. The maximum Gasteiger partial charge on any atom is 0.255 e. The Morgan fingerprint density at radius 1 is 0.867 bits per heavy atom. The van der Waals surface area contributed by atoms with Crippen LogP contribution >= 0.6 is 11.6 Å². The summed E-state index contributed by atoms with van der Waals surface area (Å²) >= 11 is 5.87. The van der Waals surface area contributed by atoms with Crippen LogP contribution in [0.5, 0.6) is 0 Å². The molecule has 0 unspecified atom stereocenters. The number of halogens is 1. The Kier molecular flexibility index (Phi) is 3.75. The van der Waals surface area contributed by atoms with Gasteiger partial charge in [0.15, 0.2) is 0 Å². The van der Waals surface area contributed by atoms with E-state index in [9.17, 15) is 14.4 Å². The number of nitrogens with zero attached hydrogens (tertiary/aromatic N) is 1. The molecule has 1 N–H and O–H groups in total. The summed E-state index contributed by atoms with van der Waals surface area (Å²) in [6, 6.07) is 13.5. The Hall–Kier alpha value is -2.92. The van der Waals surface area contributed by atoms with Gasteiger partial charge >= 0.3 is 0 Å². The van der Waals surface area contributed by atoms with Crippen LogP contribution in [0.4, 0.5) is 11.4 Å². The van der Waals surface area contributed by atoms with Crippen molar-refractivity contribution in [3.8, 4) is 0 Å². The standard InChI is InChI=1S/C24H19ClN2O3/c25-13-3-5-14(6-4-13)26-22(28)12-1-7-15(8-2-12)27-23(29)20-16-9-10-17(19-11-18(16)19)21(20)24(27)30/h1-10,16-21H,11H2,(H,26,28)/t16-,17+,18-,19-,20+,21+/m1/s1. The number of allylic oxidation sites excluding steroid dienone is 2. The first kappa shape index (κ1) is 17.9. The van der Waals surface area contributed by atoms with E-state index in [1.807, 2.05) is 0 Å². The van der Waals surface area contributed by atoms with Crippen LogP contribution in [0.1, 0.15) is 16.8 Å². The lowest BCUT2D eigenvalue weighted by atomic mass is 9.63. The average Bonchev–Trinajstić information content (AvgIpc) is 3.53. The number of imide groups is 1. The highest BCUT2D eigenvalue weighted by atomic mass is 35.5. The Morgan fingerprint density at radius 2 is 1.43 bits per heavy atom. The molecule has 150 valence electrons. The fourth-order valence-corrected chi connectivity index (χ4v) is 5.84. The van der Waals surface area contributed by atoms with Gasteiger partial charge in [-0.25, -0.2) is 0 Å². The van der Waals surface area contributed by atoms with Crippen LogP contribution in [0.15, 0.2) is 60.7 Å². The number of nitrogens with one attached hydrogen (secondary N) is 1. The number of rotatable bonds is 3. The van der Waals surface area contributed by atoms with Gasteiger partial charge in [0.2, 0.25) is 11.8 Å². The zero-order valence-corrected chi connectivity index (χ0v) is 16.8. The van der Waals surface area contributed by atoms with E-state index in [1.165, 1.54) is 4.90 Å². The third-order valence-corrected chi connectivity index (χ3v) is 7.40. The molecule has 4 aliphatic carbocycles. The molecule has 0 spiro atoms. The first-order valence-electron chi connectivity index (χ1n) is 10.3. The van der Waals surface area contributed by atoms with E-state index in [0.29, 0.717) is 33.8 Å². The number of benzene rings is 2. The molecule has 2 saturated carbocycles. The second-order valence-corrected chi connectivity index (χ2v) is 9.11. The average molecular weight is 419 g/mol. The number of amides is 3. The highest BCUT2D eigenvalue weighted by molar-refractivity contribution is 6.30. The third-order valence-electron chi connectivity index (χ3n) is 7.15. The van der Waals surface area contributed by atoms with E-state index in [0.717, 1.165) is 6.42 Å². The van der Waals surface area contributed by atoms with E-state index >= 15 is 0 Å². The van der Waals surface area contributed by atoms with Gasteiger partial charge in [-0.1, -0.05) is 23.8 Å². The summed E-state index contributed by atoms with van der Waals surface area (Å²) in [5.41, 5.74) is 1.63. The number of anilines is 2. The van der Waals surface area contributed by atoms with Crippen molar-refractivity contribution in [3.63, 3.8) is 0 Å². The molecule has 1 aliphatic heterocycles. The van der Waals surface area contributed by atoms with Crippen molar-refractivity contribution in [2.75, 3.05) is 10.2 Å². The number of hydrogen-bond acceptors (Lipinski definition) is 3. The number of hydrogen-bond donors (Lipinski definition) is 1. The van der Waals surface area contributed by atoms with Gasteiger partial charge in [0.05, 0.1) is 17.5 Å². The van der Waals surface area contributed by atoms with Gasteiger partial charge in [0.25, 0.3) is 5.91 Å². The monoisotopic (exact) mass is 418 g/mol. The largest absolute Gasteiger partial charge is 0.322 e. The fraction of sp³-hybridized carbons (Fsp3) is 0.292. The molecule has 5 nitrogen and oxygen atoms in total. The SMILES string of the molecule is O=C(Nc1ccc(Cl)cc1)c1ccc(N2C(=O)[C@H]3[C@@H]4C=C[C@@H]([C@H]5C[C@H]45)[C@@H]3C2=O)cc1. The summed E-state index contributed by atoms with van der Waals surface area (Å²) in [7, 11) is 0. The van der Waals surface area contributed by atoms with Crippen LogP contribution < -0.4 is 10.2 Å². The van der Waals surface area contributed by atoms with Gasteiger partial charge < -0.3 is 5.32 Å². The molecule has 6 atom stereocenters. The molecular weight excluding hydrogens is 400 g/mol. The predicted molar refractivity (Wildman–Crippen MR) is 113 cm³/mol. The van der Waals surface area contributed by atoms with Crippen molar-refractivity contribution in [2.45, 2.75) is 6.42 Å². The molecule has 6 heteroatoms. The van der Waals surface area contributed by atoms with Crippen LogP contribution in [0, 0.1) is 35.5 Å². The quantitative estimate of drug-likeness (QED) is 0.601. The van der Waals surface area contributed by atoms with Gasteiger partial charge in [-0.2, -0.15) is 0 Å². The molecule has 3 amide bonds. The second-order valence-electron chi connectivity index (χ2n) is 8.67. The van der Waals surface area contributed by atoms with Gasteiger partial charge in [-0.05, 0) is 78.6 Å². The molecule has 2 bridgehead atoms. The molecule has 1 heterocycles. The van der Waals surface area contributed by atoms with Gasteiger partial charge in [0, 0.05) is 16.3 Å². The normalized spacial score (nSPS) is 32.8. The van der Waals surface area contributed by atoms with Crippen LogP contribution in [0.25, 0.3) is 0 Å². The maximum atomic E-state index is 13.2. The van der Waals surface area contributed by atoms with E-state index in [2.05, 4.69) is 17.5 Å². The molecule has 0 aromatic heterocycles. The van der Waals surface area contributed by atoms with Crippen LogP contribution in [-0.4, -0.2) is 17.7 Å². The minimum atomic E-state index is -0.265. The molecule has 3 fully saturated rings. The molecule has 30 heavy (non-hydrogen) atoms. The molecule has 7 rings (SSSR count). The van der Waals surface area contributed by atoms with E-state index in [4.69, 9.17) is 11.6 Å². The Morgan fingerprint density at radius 3 is 2.00 bits per heavy atom. The second kappa shape index (κ2) is 6.29. The van der Waals surface area contributed by atoms with Crippen molar-refractivity contribution in [3.05, 3.63) is 71.3 Å². The molecule has 0 radical (unpaired) electrons. The topological polar surface area (TPSA) is 66.5 Å². The summed E-state index contributed by atoms with van der Waals surface area (Å²) in [5.74, 6) is 0.689. The van der Waals surface area contributed by atoms with Gasteiger partial charge in [-0.3, -0.25) is 19.3 Å². The van der Waals surface area contributed by atoms with Crippen LogP contribution in [0.2, 0.25) is 5.02 Å². The van der Waals surface area contributed by atoms with Gasteiger partial charge in [0.1, 0.15) is 0 Å². The van der Waals surface area contributed by atoms with Crippen molar-refractivity contribution in [2.24, 2.45) is 35.5 Å². The Balaban J connectivity index is 1.23. The highest BCUT2D eigenvalue weighted by Gasteiger charge is 2.67. The summed E-state index contributed by atoms with van der Waals surface area (Å²) in [6.45, 7) is 0. The lowest BCUT2D eigenvalue weighted by Gasteiger charge is -2.37. The Bertz CT molecular complexity index is 1070. The van der Waals surface area contributed by atoms with Gasteiger partial charge in [-0.15, -0.1) is 0 Å². The first-order valence-corrected chi connectivity index (χ1v) is 10.6. The smallest absolute Gasteiger partial charge is 0.255 e. The molecule has 2 aromatic rings. The van der Waals surface area contributed by atoms with Crippen molar-refractivity contribution >= 4 is 40.7 Å². The van der Waals surface area contributed by atoms with E-state index < -0.39 is 0 Å². The summed E-state index contributed by atoms with van der Waals surface area (Å²) < 4.78 is 0. The minimum Gasteiger partial charge on any atom is -0.322 e. The summed E-state index contributed by atoms with van der Waals surface area (Å²) in [4.78, 5) is 40.2. The Labute approximate surface area is 178 Å². The zero-order chi connectivity index (χ0) is 20.6. The molecule has 1 saturated heterocycles. The van der Waals surface area contributed by atoms with Crippen molar-refractivity contribution in [1.82, 2.24) is 0 Å². The number of carbonyl (C=O) groups excluding carboxylic acids is 3. The maximum absolute atomic E-state index is 13.2. The molecular formula is C24H19ClN2O3. The van der Waals surface area contributed by atoms with Crippen LogP contribution in [-0.2, 0) is 9.59 Å². The predicted octanol–water partition coefficient (Wildman–Crippen LogP) is 4.15. The summed E-state index contributed by atoms with van der Waals surface area (Å²) in [5, 5.41) is 3.40. The fourth-order valence-electron chi connectivity index (χ4n) is 5.71. The molecule has 2 aromatic carbocycles. The zero-order valence-electron chi connectivity index (χ0n) is 16.0. The van der Waals surface area contributed by atoms with E-state index in [1.54, 1.807) is 48.5 Å². The first-order chi connectivity index (χ1) is 14.5. The van der Waals surface area contributed by atoms with Crippen molar-refractivity contribution < 1.29 is 14.4 Å². The lowest BCUT2D eigenvalue weighted by molar-refractivity contribution is -0.124. The summed E-state index contributed by atoms with van der Waals surface area (Å²) in [6.07, 6.45) is 5.48. The highest BCUT2D eigenvalue weighted by Crippen LogP contribution is 2.65. The van der Waals surface area contributed by atoms with Crippen LogP contribution in [0.3, 0.4) is 0 Å². The third kappa shape index (κ3) is 2.51. The van der Waals surface area contributed by atoms with Crippen molar-refractivity contribution in [1.29, 1.82) is 0 Å².